The van der Waals surface area contributed by atoms with Crippen molar-refractivity contribution in [1.82, 2.24) is 0 Å². The largest absolute Gasteiger partial charge is 0.366 e. The van der Waals surface area contributed by atoms with E-state index in [1.165, 1.54) is 42.5 Å². The van der Waals surface area contributed by atoms with Gasteiger partial charge in [-0.15, -0.1) is 0 Å². The first kappa shape index (κ1) is 21.4. The minimum Gasteiger partial charge on any atom is -0.366 e. The second-order valence-corrected chi connectivity index (χ2v) is 8.57. The number of carbonyl (C=O) groups excluding carboxylic acids is 2. The number of rotatable bonds is 6. The van der Waals surface area contributed by atoms with Gasteiger partial charge in [0.25, 0.3) is 21.8 Å². The summed E-state index contributed by atoms with van der Waals surface area (Å²) in [5.74, 6) is -1.25. The highest BCUT2D eigenvalue weighted by Crippen LogP contribution is 2.25. The second-order valence-electron chi connectivity index (χ2n) is 6.48. The van der Waals surface area contributed by atoms with E-state index in [0.29, 0.717) is 0 Å². The fourth-order valence-electron chi connectivity index (χ4n) is 2.69. The zero-order chi connectivity index (χ0) is 21.9. The summed E-state index contributed by atoms with van der Waals surface area (Å²) >= 11 is 6.20. The van der Waals surface area contributed by atoms with Gasteiger partial charge < -0.3 is 11.1 Å². The van der Waals surface area contributed by atoms with E-state index in [2.05, 4.69) is 10.0 Å². The molecule has 3 aromatic carbocycles. The Morgan fingerprint density at radius 3 is 2.23 bits per heavy atom. The Labute approximate surface area is 178 Å². The van der Waals surface area contributed by atoms with Crippen LogP contribution in [0.25, 0.3) is 0 Å². The Balaban J connectivity index is 1.81. The van der Waals surface area contributed by atoms with Crippen LogP contribution in [-0.4, -0.2) is 20.2 Å². The van der Waals surface area contributed by atoms with E-state index in [4.69, 9.17) is 17.3 Å². The van der Waals surface area contributed by atoms with Crippen LogP contribution in [0.4, 0.5) is 11.4 Å². The highest BCUT2D eigenvalue weighted by atomic mass is 35.5. The van der Waals surface area contributed by atoms with Gasteiger partial charge in [0.1, 0.15) is 0 Å². The molecule has 0 aliphatic carbocycles. The maximum atomic E-state index is 12.6. The molecular weight excluding hydrogens is 426 g/mol. The highest BCUT2D eigenvalue weighted by Gasteiger charge is 2.17. The van der Waals surface area contributed by atoms with Gasteiger partial charge in [0, 0.05) is 0 Å². The number of hydrogen-bond donors (Lipinski definition) is 3. The predicted octanol–water partition coefficient (Wildman–Crippen LogP) is 3.80. The zero-order valence-electron chi connectivity index (χ0n) is 15.8. The molecule has 3 aromatic rings. The first-order valence-electron chi connectivity index (χ1n) is 8.76. The van der Waals surface area contributed by atoms with Gasteiger partial charge in [0.2, 0.25) is 0 Å². The lowest BCUT2D eigenvalue weighted by atomic mass is 10.1. The summed E-state index contributed by atoms with van der Waals surface area (Å²) in [5, 5.41) is 2.62. The van der Waals surface area contributed by atoms with E-state index >= 15 is 0 Å². The van der Waals surface area contributed by atoms with Gasteiger partial charge in [0.15, 0.2) is 0 Å². The third-order valence-corrected chi connectivity index (χ3v) is 5.95. The van der Waals surface area contributed by atoms with E-state index in [1.54, 1.807) is 24.3 Å². The molecule has 0 aromatic heterocycles. The number of amides is 2. The molecular formula is C21H18ClN3O4S. The first-order valence-corrected chi connectivity index (χ1v) is 10.6. The van der Waals surface area contributed by atoms with Crippen molar-refractivity contribution in [2.75, 3.05) is 10.0 Å². The van der Waals surface area contributed by atoms with Gasteiger partial charge in [-0.1, -0.05) is 41.4 Å². The number of halogens is 1. The molecule has 0 bridgehead atoms. The van der Waals surface area contributed by atoms with Crippen molar-refractivity contribution in [2.45, 2.75) is 11.8 Å². The van der Waals surface area contributed by atoms with Crippen molar-refractivity contribution in [2.24, 2.45) is 5.73 Å². The van der Waals surface area contributed by atoms with E-state index in [-0.39, 0.29) is 32.4 Å². The van der Waals surface area contributed by atoms with Crippen LogP contribution in [0.15, 0.2) is 71.6 Å². The van der Waals surface area contributed by atoms with Crippen LogP contribution in [0, 0.1) is 6.92 Å². The summed E-state index contributed by atoms with van der Waals surface area (Å²) in [6.07, 6.45) is 0. The standard InChI is InChI=1S/C21H18ClN3O4S/c1-13-6-9-15(10-7-13)30(28,29)25-14-8-11-16(18(22)12-14)21(27)24-19-5-3-2-4-17(19)20(23)26/h2-12,25H,1H3,(H2,23,26)(H,24,27). The Morgan fingerprint density at radius 1 is 0.933 bits per heavy atom. The topological polar surface area (TPSA) is 118 Å². The fourth-order valence-corrected chi connectivity index (χ4v) is 4.01. The highest BCUT2D eigenvalue weighted by molar-refractivity contribution is 7.92. The molecule has 2 amide bonds. The molecule has 0 radical (unpaired) electrons. The maximum Gasteiger partial charge on any atom is 0.261 e. The lowest BCUT2D eigenvalue weighted by molar-refractivity contribution is 0.100. The molecule has 0 atom stereocenters. The van der Waals surface area contributed by atoms with Crippen molar-refractivity contribution in [3.8, 4) is 0 Å². The molecule has 0 aliphatic rings. The van der Waals surface area contributed by atoms with Crippen LogP contribution in [-0.2, 0) is 10.0 Å². The third-order valence-electron chi connectivity index (χ3n) is 4.24. The van der Waals surface area contributed by atoms with Gasteiger partial charge in [-0.25, -0.2) is 8.42 Å². The molecule has 9 heteroatoms. The van der Waals surface area contributed by atoms with E-state index < -0.39 is 21.8 Å². The average Bonchev–Trinajstić information content (AvgIpc) is 2.68. The molecule has 0 saturated carbocycles. The monoisotopic (exact) mass is 443 g/mol. The Kier molecular flexibility index (Phi) is 6.09. The Morgan fingerprint density at radius 2 is 1.60 bits per heavy atom. The number of nitrogens with one attached hydrogen (secondary N) is 2. The predicted molar refractivity (Wildman–Crippen MR) is 116 cm³/mol. The molecule has 0 saturated heterocycles. The van der Waals surface area contributed by atoms with E-state index in [0.717, 1.165) is 5.56 Å². The van der Waals surface area contributed by atoms with E-state index in [9.17, 15) is 18.0 Å². The molecule has 0 aliphatic heterocycles. The number of nitrogens with two attached hydrogens (primary N) is 1. The molecule has 0 fully saturated rings. The number of carbonyl (C=O) groups is 2. The average molecular weight is 444 g/mol. The molecule has 154 valence electrons. The van der Waals surface area contributed by atoms with Crippen LogP contribution in [0.3, 0.4) is 0 Å². The van der Waals surface area contributed by atoms with Crippen LogP contribution in [0.5, 0.6) is 0 Å². The van der Waals surface area contributed by atoms with Gasteiger partial charge >= 0.3 is 0 Å². The number of anilines is 2. The molecule has 0 unspecified atom stereocenters. The van der Waals surface area contributed by atoms with E-state index in [1.807, 2.05) is 6.92 Å². The third kappa shape index (κ3) is 4.79. The second kappa shape index (κ2) is 8.56. The summed E-state index contributed by atoms with van der Waals surface area (Å²) < 4.78 is 27.4. The maximum absolute atomic E-state index is 12.6. The molecule has 3 rings (SSSR count). The van der Waals surface area contributed by atoms with Crippen molar-refractivity contribution >= 4 is 44.8 Å². The van der Waals surface area contributed by atoms with Gasteiger partial charge in [-0.3, -0.25) is 14.3 Å². The summed E-state index contributed by atoms with van der Waals surface area (Å²) in [4.78, 5) is 24.2. The van der Waals surface area contributed by atoms with Gasteiger partial charge in [-0.2, -0.15) is 0 Å². The minimum atomic E-state index is -3.80. The number of sulfonamides is 1. The number of para-hydroxylation sites is 1. The van der Waals surface area contributed by atoms with Crippen LogP contribution in [0.2, 0.25) is 5.02 Å². The van der Waals surface area contributed by atoms with Crippen LogP contribution < -0.4 is 15.8 Å². The Hall–Kier alpha value is -3.36. The number of benzene rings is 3. The first-order chi connectivity index (χ1) is 14.2. The lowest BCUT2D eigenvalue weighted by Crippen LogP contribution is -2.18. The summed E-state index contributed by atoms with van der Waals surface area (Å²) in [7, 11) is -3.80. The van der Waals surface area contributed by atoms with Gasteiger partial charge in [0.05, 0.1) is 32.4 Å². The summed E-state index contributed by atoms with van der Waals surface area (Å²) in [6.45, 7) is 1.86. The molecule has 4 N–H and O–H groups in total. The molecule has 7 nitrogen and oxygen atoms in total. The van der Waals surface area contributed by atoms with Crippen molar-refractivity contribution in [3.63, 3.8) is 0 Å². The number of primary amides is 1. The fraction of sp³-hybridized carbons (Fsp3) is 0.0476. The summed E-state index contributed by atoms with van der Waals surface area (Å²) in [6, 6.07) is 16.8. The molecule has 30 heavy (non-hydrogen) atoms. The smallest absolute Gasteiger partial charge is 0.261 e. The summed E-state index contributed by atoms with van der Waals surface area (Å²) in [5.41, 5.74) is 6.96. The lowest BCUT2D eigenvalue weighted by Gasteiger charge is -2.12. The van der Waals surface area contributed by atoms with Crippen molar-refractivity contribution in [1.29, 1.82) is 0 Å². The van der Waals surface area contributed by atoms with Crippen molar-refractivity contribution in [3.05, 3.63) is 88.4 Å². The minimum absolute atomic E-state index is 0.0353. The van der Waals surface area contributed by atoms with Crippen LogP contribution in [0.1, 0.15) is 26.3 Å². The quantitative estimate of drug-likeness (QED) is 0.536. The van der Waals surface area contributed by atoms with Gasteiger partial charge in [-0.05, 0) is 49.4 Å². The molecule has 0 spiro atoms. The number of hydrogen-bond acceptors (Lipinski definition) is 4. The normalized spacial score (nSPS) is 11.0. The SMILES string of the molecule is Cc1ccc(S(=O)(=O)Nc2ccc(C(=O)Nc3ccccc3C(N)=O)c(Cl)c2)cc1. The van der Waals surface area contributed by atoms with Crippen molar-refractivity contribution < 1.29 is 18.0 Å². The van der Waals surface area contributed by atoms with Crippen LogP contribution >= 0.6 is 11.6 Å². The zero-order valence-corrected chi connectivity index (χ0v) is 17.4. The molecule has 0 heterocycles. The Bertz CT molecular complexity index is 1230. The number of aryl methyl sites for hydroxylation is 1.